The summed E-state index contributed by atoms with van der Waals surface area (Å²) < 4.78 is 5.37. The summed E-state index contributed by atoms with van der Waals surface area (Å²) in [6, 6.07) is 10.7. The number of hydrogen-bond acceptors (Lipinski definition) is 3. The van der Waals surface area contributed by atoms with Crippen LogP contribution in [0.5, 0.6) is 0 Å². The van der Waals surface area contributed by atoms with Gasteiger partial charge in [-0.15, -0.1) is 0 Å². The molecular formula is C17H17NO3. The quantitative estimate of drug-likeness (QED) is 0.811. The highest BCUT2D eigenvalue weighted by atomic mass is 16.3. The minimum absolute atomic E-state index is 0.0919. The summed E-state index contributed by atoms with van der Waals surface area (Å²) >= 11 is 0. The first-order chi connectivity index (χ1) is 10.3. The topological polar surface area (TPSA) is 50.5 Å². The Kier molecular flexibility index (Phi) is 3.86. The Balaban J connectivity index is 1.76. The van der Waals surface area contributed by atoms with Crippen LogP contribution in [-0.2, 0) is 0 Å². The zero-order valence-corrected chi connectivity index (χ0v) is 11.7. The molecule has 108 valence electrons. The average Bonchev–Trinajstić information content (AvgIpc) is 3.04. The van der Waals surface area contributed by atoms with E-state index < -0.39 is 0 Å². The molecule has 1 saturated heterocycles. The van der Waals surface area contributed by atoms with Crippen molar-refractivity contribution >= 4 is 12.2 Å². The fourth-order valence-corrected chi connectivity index (χ4v) is 2.63. The fourth-order valence-electron chi connectivity index (χ4n) is 2.63. The normalized spacial score (nSPS) is 15.0. The predicted molar refractivity (Wildman–Crippen MR) is 79.3 cm³/mol. The maximum atomic E-state index is 12.4. The number of hydrogen-bond donors (Lipinski definition) is 0. The second-order valence-corrected chi connectivity index (χ2v) is 5.25. The van der Waals surface area contributed by atoms with Gasteiger partial charge in [0.1, 0.15) is 5.76 Å². The number of benzene rings is 1. The number of carbonyl (C=O) groups is 2. The van der Waals surface area contributed by atoms with Crippen molar-refractivity contribution in [3.63, 3.8) is 0 Å². The Morgan fingerprint density at radius 2 is 1.71 bits per heavy atom. The van der Waals surface area contributed by atoms with Gasteiger partial charge in [-0.2, -0.15) is 0 Å². The van der Waals surface area contributed by atoms with E-state index in [-0.39, 0.29) is 5.91 Å². The monoisotopic (exact) mass is 283 g/mol. The maximum absolute atomic E-state index is 12.4. The highest BCUT2D eigenvalue weighted by Crippen LogP contribution is 2.22. The van der Waals surface area contributed by atoms with E-state index in [0.717, 1.165) is 31.5 Å². The average molecular weight is 283 g/mol. The molecule has 0 atom stereocenters. The smallest absolute Gasteiger partial charge is 0.253 e. The Labute approximate surface area is 123 Å². The van der Waals surface area contributed by atoms with E-state index in [9.17, 15) is 9.59 Å². The zero-order valence-electron chi connectivity index (χ0n) is 11.7. The predicted octanol–water partition coefficient (Wildman–Crippen LogP) is 3.39. The van der Waals surface area contributed by atoms with Crippen molar-refractivity contribution in [1.82, 2.24) is 4.90 Å². The van der Waals surface area contributed by atoms with E-state index in [2.05, 4.69) is 0 Å². The molecule has 1 aliphatic rings. The molecule has 3 rings (SSSR count). The molecule has 1 aromatic heterocycles. The largest absolute Gasteiger partial charge is 0.453 e. The Morgan fingerprint density at radius 3 is 2.33 bits per heavy atom. The van der Waals surface area contributed by atoms with Crippen LogP contribution in [0.4, 0.5) is 0 Å². The second-order valence-electron chi connectivity index (χ2n) is 5.25. The van der Waals surface area contributed by atoms with Crippen LogP contribution >= 0.6 is 0 Å². The van der Waals surface area contributed by atoms with Crippen molar-refractivity contribution in [2.45, 2.75) is 19.3 Å². The SMILES string of the molecule is O=Cc1ccc(-c2ccc(C(=O)N3CCCCC3)cc2)o1. The van der Waals surface area contributed by atoms with Gasteiger partial charge in [0.15, 0.2) is 12.0 Å². The van der Waals surface area contributed by atoms with Gasteiger partial charge < -0.3 is 9.32 Å². The third-order valence-electron chi connectivity index (χ3n) is 3.80. The first-order valence-corrected chi connectivity index (χ1v) is 7.22. The number of amides is 1. The molecule has 21 heavy (non-hydrogen) atoms. The summed E-state index contributed by atoms with van der Waals surface area (Å²) in [4.78, 5) is 24.9. The molecular weight excluding hydrogens is 266 g/mol. The first kappa shape index (κ1) is 13.6. The van der Waals surface area contributed by atoms with E-state index in [1.807, 2.05) is 29.2 Å². The van der Waals surface area contributed by atoms with Crippen molar-refractivity contribution in [1.29, 1.82) is 0 Å². The summed E-state index contributed by atoms with van der Waals surface area (Å²) in [5.74, 6) is 1.03. The van der Waals surface area contributed by atoms with Crippen molar-refractivity contribution in [3.8, 4) is 11.3 Å². The van der Waals surface area contributed by atoms with Crippen LogP contribution in [0.25, 0.3) is 11.3 Å². The summed E-state index contributed by atoms with van der Waals surface area (Å²) in [5, 5.41) is 0. The van der Waals surface area contributed by atoms with E-state index in [1.54, 1.807) is 12.1 Å². The van der Waals surface area contributed by atoms with Gasteiger partial charge in [0, 0.05) is 24.2 Å². The first-order valence-electron chi connectivity index (χ1n) is 7.22. The van der Waals surface area contributed by atoms with Crippen molar-refractivity contribution in [2.24, 2.45) is 0 Å². The third-order valence-corrected chi connectivity index (χ3v) is 3.80. The fraction of sp³-hybridized carbons (Fsp3) is 0.294. The third kappa shape index (κ3) is 2.89. The van der Waals surface area contributed by atoms with E-state index in [1.165, 1.54) is 6.42 Å². The number of likely N-dealkylation sites (tertiary alicyclic amines) is 1. The summed E-state index contributed by atoms with van der Waals surface area (Å²) in [6.07, 6.45) is 4.06. The minimum atomic E-state index is 0.0919. The standard InChI is InChI=1S/C17H17NO3/c19-12-15-8-9-16(21-15)13-4-6-14(7-5-13)17(20)18-10-2-1-3-11-18/h4-9,12H,1-3,10-11H2. The molecule has 0 spiro atoms. The molecule has 0 N–H and O–H groups in total. The number of nitrogens with zero attached hydrogens (tertiary/aromatic N) is 1. The summed E-state index contributed by atoms with van der Waals surface area (Å²) in [7, 11) is 0. The van der Waals surface area contributed by atoms with Gasteiger partial charge in [-0.3, -0.25) is 9.59 Å². The van der Waals surface area contributed by atoms with Crippen LogP contribution in [0, 0.1) is 0 Å². The number of aldehydes is 1. The lowest BCUT2D eigenvalue weighted by molar-refractivity contribution is 0.0724. The van der Waals surface area contributed by atoms with Gasteiger partial charge >= 0.3 is 0 Å². The van der Waals surface area contributed by atoms with Gasteiger partial charge in [0.25, 0.3) is 5.91 Å². The molecule has 0 radical (unpaired) electrons. The summed E-state index contributed by atoms with van der Waals surface area (Å²) in [5.41, 5.74) is 1.56. The van der Waals surface area contributed by atoms with Crippen molar-refractivity contribution < 1.29 is 14.0 Å². The molecule has 0 saturated carbocycles. The van der Waals surface area contributed by atoms with Crippen LogP contribution in [0.2, 0.25) is 0 Å². The minimum Gasteiger partial charge on any atom is -0.453 e. The Bertz CT molecular complexity index is 636. The molecule has 2 aromatic rings. The molecule has 4 nitrogen and oxygen atoms in total. The Hall–Kier alpha value is -2.36. The van der Waals surface area contributed by atoms with Gasteiger partial charge in [-0.1, -0.05) is 12.1 Å². The highest BCUT2D eigenvalue weighted by molar-refractivity contribution is 5.94. The second kappa shape index (κ2) is 5.95. The number of carbonyl (C=O) groups excluding carboxylic acids is 2. The molecule has 1 fully saturated rings. The van der Waals surface area contributed by atoms with Crippen LogP contribution in [0.3, 0.4) is 0 Å². The van der Waals surface area contributed by atoms with Crippen LogP contribution in [0.1, 0.15) is 40.2 Å². The van der Waals surface area contributed by atoms with E-state index in [4.69, 9.17) is 4.42 Å². The van der Waals surface area contributed by atoms with Gasteiger partial charge in [0.2, 0.25) is 0 Å². The lowest BCUT2D eigenvalue weighted by Gasteiger charge is -2.26. The number of piperidine rings is 1. The van der Waals surface area contributed by atoms with Gasteiger partial charge in [-0.05, 0) is 43.5 Å². The van der Waals surface area contributed by atoms with E-state index in [0.29, 0.717) is 23.4 Å². The maximum Gasteiger partial charge on any atom is 0.253 e. The number of rotatable bonds is 3. The molecule has 0 bridgehead atoms. The molecule has 4 heteroatoms. The molecule has 2 heterocycles. The molecule has 0 aliphatic carbocycles. The van der Waals surface area contributed by atoms with Gasteiger partial charge in [-0.25, -0.2) is 0 Å². The lowest BCUT2D eigenvalue weighted by atomic mass is 10.1. The van der Waals surface area contributed by atoms with E-state index >= 15 is 0 Å². The Morgan fingerprint density at radius 1 is 1.00 bits per heavy atom. The molecule has 0 unspecified atom stereocenters. The lowest BCUT2D eigenvalue weighted by Crippen LogP contribution is -2.35. The van der Waals surface area contributed by atoms with Gasteiger partial charge in [0.05, 0.1) is 0 Å². The van der Waals surface area contributed by atoms with Crippen molar-refractivity contribution in [3.05, 3.63) is 47.7 Å². The molecule has 1 aliphatic heterocycles. The van der Waals surface area contributed by atoms with Crippen molar-refractivity contribution in [2.75, 3.05) is 13.1 Å². The van der Waals surface area contributed by atoms with Crippen LogP contribution < -0.4 is 0 Å². The number of furan rings is 1. The molecule has 1 amide bonds. The molecule has 1 aromatic carbocycles. The highest BCUT2D eigenvalue weighted by Gasteiger charge is 2.18. The van der Waals surface area contributed by atoms with Crippen LogP contribution in [0.15, 0.2) is 40.8 Å². The zero-order chi connectivity index (χ0) is 14.7. The van der Waals surface area contributed by atoms with Crippen LogP contribution in [-0.4, -0.2) is 30.2 Å². The summed E-state index contributed by atoms with van der Waals surface area (Å²) in [6.45, 7) is 1.70.